The maximum absolute atomic E-state index is 5.75. The molecule has 1 heterocycles. The minimum atomic E-state index is 0.0430. The van der Waals surface area contributed by atoms with Crippen LogP contribution >= 0.6 is 25.3 Å². The molecule has 2 aromatic carbocycles. The zero-order chi connectivity index (χ0) is 21.0. The Balaban J connectivity index is 2.04. The van der Waals surface area contributed by atoms with Gasteiger partial charge in [-0.3, -0.25) is 0 Å². The summed E-state index contributed by atoms with van der Waals surface area (Å²) in [6.45, 7) is 5.55. The lowest BCUT2D eigenvalue weighted by Gasteiger charge is -2.48. The molecule has 0 saturated carbocycles. The van der Waals surface area contributed by atoms with Crippen molar-refractivity contribution in [2.45, 2.75) is 38.1 Å². The van der Waals surface area contributed by atoms with Gasteiger partial charge in [0.1, 0.15) is 11.4 Å². The van der Waals surface area contributed by atoms with E-state index in [1.807, 2.05) is 24.3 Å². The fourth-order valence-electron chi connectivity index (χ4n) is 3.99. The lowest BCUT2D eigenvalue weighted by atomic mass is 9.79. The van der Waals surface area contributed by atoms with E-state index in [-0.39, 0.29) is 5.54 Å². The van der Waals surface area contributed by atoms with Crippen LogP contribution in [0, 0.1) is 0 Å². The van der Waals surface area contributed by atoms with Crippen molar-refractivity contribution in [3.05, 3.63) is 42.0 Å². The Hall–Kier alpha value is -1.86. The van der Waals surface area contributed by atoms with Gasteiger partial charge in [0, 0.05) is 29.5 Å². The smallest absolute Gasteiger partial charge is 0.148 e. The van der Waals surface area contributed by atoms with Crippen molar-refractivity contribution >= 4 is 48.0 Å². The molecule has 0 aromatic heterocycles. The summed E-state index contributed by atoms with van der Waals surface area (Å²) in [6, 6.07) is 11.5. The van der Waals surface area contributed by atoms with Gasteiger partial charge in [-0.05, 0) is 80.0 Å². The van der Waals surface area contributed by atoms with Gasteiger partial charge in [0.25, 0.3) is 0 Å². The van der Waals surface area contributed by atoms with Crippen LogP contribution in [0.4, 0.5) is 22.7 Å². The third kappa shape index (κ3) is 4.83. The summed E-state index contributed by atoms with van der Waals surface area (Å²) in [5.74, 6) is 2.72. The second kappa shape index (κ2) is 9.30. The van der Waals surface area contributed by atoms with E-state index in [9.17, 15) is 0 Å². The zero-order valence-electron chi connectivity index (χ0n) is 17.3. The first-order chi connectivity index (χ1) is 13.9. The average Bonchev–Trinajstić information content (AvgIpc) is 2.71. The fourth-order valence-corrected chi connectivity index (χ4v) is 4.46. The number of nitrogens with zero attached hydrogens (tertiary/aromatic N) is 3. The molecule has 0 bridgehead atoms. The van der Waals surface area contributed by atoms with Gasteiger partial charge in [0.05, 0.1) is 12.8 Å². The Bertz CT molecular complexity index is 868. The van der Waals surface area contributed by atoms with E-state index in [0.29, 0.717) is 11.6 Å². The first-order valence-corrected chi connectivity index (χ1v) is 11.1. The van der Waals surface area contributed by atoms with Crippen molar-refractivity contribution in [3.63, 3.8) is 0 Å². The Kier molecular flexibility index (Phi) is 7.01. The summed E-state index contributed by atoms with van der Waals surface area (Å²) < 4.78 is 5.67. The summed E-state index contributed by atoms with van der Waals surface area (Å²) >= 11 is 9.05. The first kappa shape index (κ1) is 21.8. The summed E-state index contributed by atoms with van der Waals surface area (Å²) in [5, 5.41) is 8.85. The number of anilines is 2. The summed E-state index contributed by atoms with van der Waals surface area (Å²) in [6.07, 6.45) is 2.06. The number of rotatable bonds is 7. The number of fused-ring (bicyclic) bond motifs is 1. The molecule has 1 atom stereocenters. The number of methoxy groups -OCH3 is 1. The zero-order valence-corrected chi connectivity index (χ0v) is 19.1. The van der Waals surface area contributed by atoms with Crippen molar-refractivity contribution < 1.29 is 4.74 Å². The Labute approximate surface area is 184 Å². The molecule has 2 aromatic rings. The maximum atomic E-state index is 5.75. The highest BCUT2D eigenvalue weighted by atomic mass is 32.1. The van der Waals surface area contributed by atoms with Crippen LogP contribution in [0.3, 0.4) is 0 Å². The lowest BCUT2D eigenvalue weighted by molar-refractivity contribution is 0.375. The number of hydrogen-bond acceptors (Lipinski definition) is 7. The normalized spacial score (nSPS) is 18.1. The Morgan fingerprint density at radius 3 is 2.52 bits per heavy atom. The number of nitrogen functional groups attached to an aromatic ring is 1. The Morgan fingerprint density at radius 1 is 1.17 bits per heavy atom. The molecular formula is C22H30N4OS2. The monoisotopic (exact) mass is 430 g/mol. The van der Waals surface area contributed by atoms with Crippen molar-refractivity contribution in [1.29, 1.82) is 0 Å². The predicted octanol–water partition coefficient (Wildman–Crippen LogP) is 6.01. The van der Waals surface area contributed by atoms with Crippen molar-refractivity contribution in [2.75, 3.05) is 35.8 Å². The topological polar surface area (TPSA) is 63.2 Å². The van der Waals surface area contributed by atoms with Crippen molar-refractivity contribution in [3.8, 4) is 5.75 Å². The average molecular weight is 431 g/mol. The van der Waals surface area contributed by atoms with Crippen LogP contribution in [-0.2, 0) is 0 Å². The van der Waals surface area contributed by atoms with Crippen LogP contribution in [0.15, 0.2) is 46.6 Å². The molecule has 3 rings (SSSR count). The number of ether oxygens (including phenoxy) is 1. The van der Waals surface area contributed by atoms with Gasteiger partial charge in [-0.1, -0.05) is 0 Å². The van der Waals surface area contributed by atoms with Crippen LogP contribution in [0.1, 0.15) is 38.2 Å². The third-order valence-corrected chi connectivity index (χ3v) is 6.22. The molecule has 29 heavy (non-hydrogen) atoms. The summed E-state index contributed by atoms with van der Waals surface area (Å²) in [7, 11) is 1.67. The highest BCUT2D eigenvalue weighted by Crippen LogP contribution is 2.48. The molecule has 0 spiro atoms. The quantitative estimate of drug-likeness (QED) is 0.286. The maximum Gasteiger partial charge on any atom is 0.148 e. The number of benzene rings is 2. The van der Waals surface area contributed by atoms with Crippen molar-refractivity contribution in [2.24, 2.45) is 10.2 Å². The summed E-state index contributed by atoms with van der Waals surface area (Å²) in [4.78, 5) is 2.47. The molecule has 0 fully saturated rings. The van der Waals surface area contributed by atoms with E-state index in [1.54, 1.807) is 7.11 Å². The van der Waals surface area contributed by atoms with Crippen LogP contribution in [0.2, 0.25) is 0 Å². The van der Waals surface area contributed by atoms with E-state index < -0.39 is 0 Å². The predicted molar refractivity (Wildman–Crippen MR) is 129 cm³/mol. The summed E-state index contributed by atoms with van der Waals surface area (Å²) in [5.41, 5.74) is 10.4. The lowest BCUT2D eigenvalue weighted by Crippen LogP contribution is -2.49. The van der Waals surface area contributed by atoms with E-state index in [1.165, 1.54) is 11.3 Å². The van der Waals surface area contributed by atoms with E-state index in [2.05, 4.69) is 66.4 Å². The fraction of sp³-hybridized carbons (Fsp3) is 0.455. The Morgan fingerprint density at radius 2 is 1.90 bits per heavy atom. The van der Waals surface area contributed by atoms with Crippen LogP contribution in [-0.4, -0.2) is 30.7 Å². The largest absolute Gasteiger partial charge is 0.494 e. The minimum Gasteiger partial charge on any atom is -0.494 e. The molecule has 0 amide bonds. The molecule has 5 nitrogen and oxygen atoms in total. The van der Waals surface area contributed by atoms with Gasteiger partial charge in [0.15, 0.2) is 0 Å². The van der Waals surface area contributed by atoms with Crippen LogP contribution in [0.5, 0.6) is 5.75 Å². The minimum absolute atomic E-state index is 0.0430. The molecule has 1 aliphatic heterocycles. The van der Waals surface area contributed by atoms with E-state index in [4.69, 9.17) is 10.5 Å². The van der Waals surface area contributed by atoms with E-state index >= 15 is 0 Å². The van der Waals surface area contributed by atoms with Gasteiger partial charge in [0.2, 0.25) is 0 Å². The molecule has 1 aliphatic rings. The molecule has 0 aliphatic carbocycles. The number of azo groups is 1. The molecule has 0 saturated heterocycles. The van der Waals surface area contributed by atoms with Gasteiger partial charge in [-0.2, -0.15) is 30.4 Å². The molecule has 0 radical (unpaired) electrons. The van der Waals surface area contributed by atoms with Gasteiger partial charge in [-0.25, -0.2) is 0 Å². The third-order valence-electron chi connectivity index (χ3n) is 5.46. The highest BCUT2D eigenvalue weighted by Gasteiger charge is 2.38. The SMILES string of the molecule is COc1cc2c(cc1/N=N/c1ccc(N)cc1)C(CS)CC(C)(C)N2CCCS. The molecule has 1 unspecified atom stereocenters. The van der Waals surface area contributed by atoms with Gasteiger partial charge < -0.3 is 15.4 Å². The standard InChI is InChI=1S/C22H30N4OS2/c1-22(2)13-15(14-29)18-11-19(25-24-17-7-5-16(23)6-8-17)21(27-3)12-20(18)26(22)9-4-10-28/h5-8,11-12,15,28-29H,4,9-10,13-14,23H2,1-3H3/b25-24+. The van der Waals surface area contributed by atoms with Crippen LogP contribution < -0.4 is 15.4 Å². The van der Waals surface area contributed by atoms with E-state index in [0.717, 1.165) is 48.0 Å². The molecule has 156 valence electrons. The number of hydrogen-bond donors (Lipinski definition) is 3. The second-order valence-electron chi connectivity index (χ2n) is 8.00. The molecule has 2 N–H and O–H groups in total. The van der Waals surface area contributed by atoms with Crippen molar-refractivity contribution in [1.82, 2.24) is 0 Å². The molecular weight excluding hydrogens is 400 g/mol. The molecule has 7 heteroatoms. The number of nitrogens with two attached hydrogens (primary N) is 1. The highest BCUT2D eigenvalue weighted by molar-refractivity contribution is 7.80. The first-order valence-electron chi connectivity index (χ1n) is 9.88. The van der Waals surface area contributed by atoms with Gasteiger partial charge >= 0.3 is 0 Å². The second-order valence-corrected chi connectivity index (χ2v) is 8.81. The number of thiol groups is 2. The van der Waals surface area contributed by atoms with Crippen LogP contribution in [0.25, 0.3) is 0 Å². The van der Waals surface area contributed by atoms with Gasteiger partial charge in [-0.15, -0.1) is 5.11 Å².